The van der Waals surface area contributed by atoms with Crippen molar-refractivity contribution in [3.8, 4) is 6.07 Å². The molecule has 2 unspecified atom stereocenters. The van der Waals surface area contributed by atoms with Gasteiger partial charge in [0.15, 0.2) is 6.10 Å². The van der Waals surface area contributed by atoms with Gasteiger partial charge < -0.3 is 0 Å². The Morgan fingerprint density at radius 2 is 2.40 bits per heavy atom. The van der Waals surface area contributed by atoms with Crippen LogP contribution in [-0.4, -0.2) is 16.9 Å². The Hall–Kier alpha value is -0.440. The Bertz CT molecular complexity index is 153. The van der Waals surface area contributed by atoms with Gasteiger partial charge >= 0.3 is 11.4 Å². The first-order chi connectivity index (χ1) is 4.70. The largest absolute Gasteiger partial charge is 0.305 e. The molecule has 0 aliphatic rings. The predicted molar refractivity (Wildman–Crippen MR) is 35.9 cm³/mol. The maximum absolute atomic E-state index is 10.5. The van der Waals surface area contributed by atoms with Crippen molar-refractivity contribution in [2.75, 3.05) is 6.61 Å². The van der Waals surface area contributed by atoms with Crippen molar-refractivity contribution >= 4 is 11.4 Å². The molecule has 0 heterocycles. The van der Waals surface area contributed by atoms with Gasteiger partial charge in [0.25, 0.3) is 0 Å². The lowest BCUT2D eigenvalue weighted by molar-refractivity contribution is 0.235. The third-order valence-corrected chi connectivity index (χ3v) is 1.49. The van der Waals surface area contributed by atoms with Crippen molar-refractivity contribution in [3.63, 3.8) is 0 Å². The van der Waals surface area contributed by atoms with Crippen molar-refractivity contribution in [3.05, 3.63) is 0 Å². The second-order valence-electron chi connectivity index (χ2n) is 1.48. The highest BCUT2D eigenvalue weighted by Crippen LogP contribution is 1.94. The van der Waals surface area contributed by atoms with Gasteiger partial charge in [-0.1, -0.05) is 0 Å². The van der Waals surface area contributed by atoms with Crippen molar-refractivity contribution in [1.29, 1.82) is 5.26 Å². The Labute approximate surface area is 62.6 Å². The van der Waals surface area contributed by atoms with E-state index in [1.165, 1.54) is 6.92 Å². The highest BCUT2D eigenvalue weighted by molar-refractivity contribution is 7.75. The predicted octanol–water partition coefficient (Wildman–Crippen LogP) is 0.530. The molecule has 5 heteroatoms. The van der Waals surface area contributed by atoms with Gasteiger partial charge in [-0.15, -0.1) is 0 Å². The summed E-state index contributed by atoms with van der Waals surface area (Å²) in [7, 11) is 0. The number of nitriles is 1. The SMILES string of the molecule is CCOS(=O)OC(C)C#N. The van der Waals surface area contributed by atoms with E-state index in [-0.39, 0.29) is 0 Å². The molecule has 10 heavy (non-hydrogen) atoms. The van der Waals surface area contributed by atoms with Crippen LogP contribution >= 0.6 is 0 Å². The fraction of sp³-hybridized carbons (Fsp3) is 0.800. The average Bonchev–Trinajstić information content (AvgIpc) is 1.88. The zero-order valence-corrected chi connectivity index (χ0v) is 6.68. The van der Waals surface area contributed by atoms with E-state index in [1.54, 1.807) is 13.0 Å². The standard InChI is InChI=1S/C5H9NO3S/c1-3-8-10(7)9-5(2)4-6/h5H,3H2,1-2H3. The van der Waals surface area contributed by atoms with E-state index in [9.17, 15) is 4.21 Å². The number of rotatable bonds is 4. The summed E-state index contributed by atoms with van der Waals surface area (Å²) in [5.74, 6) is 0. The molecular formula is C5H9NO3S. The number of hydrogen-bond donors (Lipinski definition) is 0. The lowest BCUT2D eigenvalue weighted by Crippen LogP contribution is -2.09. The summed E-state index contributed by atoms with van der Waals surface area (Å²) in [6, 6.07) is 1.76. The van der Waals surface area contributed by atoms with Crippen LogP contribution in [0.15, 0.2) is 0 Å². The fourth-order valence-corrected chi connectivity index (χ4v) is 0.790. The lowest BCUT2D eigenvalue weighted by Gasteiger charge is -2.01. The van der Waals surface area contributed by atoms with E-state index in [0.717, 1.165) is 0 Å². The molecule has 0 saturated heterocycles. The minimum Gasteiger partial charge on any atom is -0.269 e. The smallest absolute Gasteiger partial charge is 0.269 e. The molecule has 0 N–H and O–H groups in total. The minimum absolute atomic E-state index is 0.310. The molecular weight excluding hydrogens is 154 g/mol. The molecule has 0 aromatic carbocycles. The molecule has 0 amide bonds. The Morgan fingerprint density at radius 1 is 1.80 bits per heavy atom. The molecule has 0 aromatic heterocycles. The molecule has 4 nitrogen and oxygen atoms in total. The molecule has 0 aliphatic heterocycles. The first-order valence-electron chi connectivity index (χ1n) is 2.82. The maximum atomic E-state index is 10.5. The normalized spacial score (nSPS) is 15.7. The van der Waals surface area contributed by atoms with Crippen LogP contribution in [0.4, 0.5) is 0 Å². The quantitative estimate of drug-likeness (QED) is 0.606. The molecule has 0 aliphatic carbocycles. The second-order valence-corrected chi connectivity index (χ2v) is 2.31. The van der Waals surface area contributed by atoms with E-state index >= 15 is 0 Å². The van der Waals surface area contributed by atoms with E-state index in [0.29, 0.717) is 6.61 Å². The monoisotopic (exact) mass is 163 g/mol. The van der Waals surface area contributed by atoms with Gasteiger partial charge in [0.1, 0.15) is 0 Å². The Morgan fingerprint density at radius 3 is 2.80 bits per heavy atom. The first-order valence-corrected chi connectivity index (χ1v) is 3.82. The summed E-state index contributed by atoms with van der Waals surface area (Å²) in [5, 5.41) is 8.19. The highest BCUT2D eigenvalue weighted by Gasteiger charge is 2.05. The second kappa shape index (κ2) is 5.35. The van der Waals surface area contributed by atoms with Crippen LogP contribution in [0.25, 0.3) is 0 Å². The zero-order valence-electron chi connectivity index (χ0n) is 5.86. The molecule has 0 bridgehead atoms. The van der Waals surface area contributed by atoms with E-state index < -0.39 is 17.5 Å². The maximum Gasteiger partial charge on any atom is 0.305 e. The Kier molecular flexibility index (Phi) is 5.12. The van der Waals surface area contributed by atoms with Crippen LogP contribution in [0.2, 0.25) is 0 Å². The number of nitrogens with zero attached hydrogens (tertiary/aromatic N) is 1. The van der Waals surface area contributed by atoms with Crippen LogP contribution in [0.3, 0.4) is 0 Å². The van der Waals surface area contributed by atoms with Gasteiger partial charge in [-0.3, -0.25) is 8.37 Å². The molecule has 0 fully saturated rings. The van der Waals surface area contributed by atoms with Gasteiger partial charge in [-0.2, -0.15) is 9.47 Å². The first kappa shape index (κ1) is 9.56. The summed E-state index contributed by atoms with van der Waals surface area (Å²) < 4.78 is 19.6. The van der Waals surface area contributed by atoms with Gasteiger partial charge in [0.05, 0.1) is 12.7 Å². The average molecular weight is 163 g/mol. The lowest BCUT2D eigenvalue weighted by atomic mass is 10.5. The molecule has 58 valence electrons. The molecule has 0 rings (SSSR count). The summed E-state index contributed by atoms with van der Waals surface area (Å²) in [6.45, 7) is 3.50. The zero-order chi connectivity index (χ0) is 7.98. The Balaban J connectivity index is 3.49. The van der Waals surface area contributed by atoms with Crippen molar-refractivity contribution in [1.82, 2.24) is 0 Å². The minimum atomic E-state index is -1.77. The van der Waals surface area contributed by atoms with E-state index in [4.69, 9.17) is 5.26 Å². The van der Waals surface area contributed by atoms with Crippen LogP contribution in [0.1, 0.15) is 13.8 Å². The summed E-state index contributed by atoms with van der Waals surface area (Å²) >= 11 is -1.77. The van der Waals surface area contributed by atoms with Crippen LogP contribution in [0, 0.1) is 11.3 Å². The van der Waals surface area contributed by atoms with Crippen LogP contribution in [-0.2, 0) is 19.7 Å². The van der Waals surface area contributed by atoms with Crippen molar-refractivity contribution in [2.45, 2.75) is 20.0 Å². The molecule has 0 saturated carbocycles. The van der Waals surface area contributed by atoms with Gasteiger partial charge in [-0.25, -0.2) is 0 Å². The topological polar surface area (TPSA) is 59.3 Å². The summed E-state index contributed by atoms with van der Waals surface area (Å²) in [4.78, 5) is 0. The third-order valence-electron chi connectivity index (χ3n) is 0.619. The molecule has 0 spiro atoms. The van der Waals surface area contributed by atoms with Gasteiger partial charge in [-0.05, 0) is 13.8 Å². The molecule has 2 atom stereocenters. The summed E-state index contributed by atoms with van der Waals surface area (Å²) in [6.07, 6.45) is -0.688. The van der Waals surface area contributed by atoms with Gasteiger partial charge in [0.2, 0.25) is 0 Å². The fourth-order valence-electron chi connectivity index (χ4n) is 0.263. The summed E-state index contributed by atoms with van der Waals surface area (Å²) in [5.41, 5.74) is 0. The van der Waals surface area contributed by atoms with Gasteiger partial charge in [0, 0.05) is 0 Å². The molecule has 0 aromatic rings. The number of hydrogen-bond acceptors (Lipinski definition) is 4. The van der Waals surface area contributed by atoms with Crippen molar-refractivity contribution in [2.24, 2.45) is 0 Å². The highest BCUT2D eigenvalue weighted by atomic mass is 32.2. The van der Waals surface area contributed by atoms with E-state index in [1.807, 2.05) is 0 Å². The van der Waals surface area contributed by atoms with Crippen LogP contribution in [0.5, 0.6) is 0 Å². The third kappa shape index (κ3) is 4.44. The van der Waals surface area contributed by atoms with Crippen LogP contribution < -0.4 is 0 Å². The molecule has 0 radical (unpaired) electrons. The van der Waals surface area contributed by atoms with E-state index in [2.05, 4.69) is 8.37 Å². The van der Waals surface area contributed by atoms with Crippen molar-refractivity contribution < 1.29 is 12.6 Å².